The van der Waals surface area contributed by atoms with Crippen molar-refractivity contribution in [3.63, 3.8) is 0 Å². The quantitative estimate of drug-likeness (QED) is 0.862. The Morgan fingerprint density at radius 2 is 2.25 bits per heavy atom. The van der Waals surface area contributed by atoms with Gasteiger partial charge in [0, 0.05) is 6.54 Å². The van der Waals surface area contributed by atoms with Crippen molar-refractivity contribution in [2.24, 2.45) is 0 Å². The van der Waals surface area contributed by atoms with Crippen molar-refractivity contribution in [1.82, 2.24) is 15.5 Å². The lowest BCUT2D eigenvalue weighted by Crippen LogP contribution is -2.24. The van der Waals surface area contributed by atoms with Gasteiger partial charge in [0.1, 0.15) is 5.51 Å². The van der Waals surface area contributed by atoms with Crippen molar-refractivity contribution in [3.8, 4) is 0 Å². The van der Waals surface area contributed by atoms with Gasteiger partial charge in [-0.25, -0.2) is 0 Å². The number of amides is 1. The molecular formula is C14H15N3OS2. The second kappa shape index (κ2) is 6.37. The van der Waals surface area contributed by atoms with Gasteiger partial charge >= 0.3 is 0 Å². The molecule has 0 saturated heterocycles. The van der Waals surface area contributed by atoms with Crippen molar-refractivity contribution in [1.29, 1.82) is 0 Å². The van der Waals surface area contributed by atoms with Crippen LogP contribution in [0.5, 0.6) is 0 Å². The predicted molar refractivity (Wildman–Crippen MR) is 80.9 cm³/mol. The summed E-state index contributed by atoms with van der Waals surface area (Å²) in [6.07, 6.45) is 3.62. The molecule has 0 radical (unpaired) electrons. The number of hydrogen-bond acceptors (Lipinski definition) is 5. The predicted octanol–water partition coefficient (Wildman–Crippen LogP) is 2.44. The normalized spacial score (nSPS) is 13.2. The monoisotopic (exact) mass is 305 g/mol. The number of aryl methyl sites for hydroxylation is 2. The van der Waals surface area contributed by atoms with Crippen LogP contribution < -0.4 is 5.32 Å². The molecule has 0 saturated carbocycles. The number of carbonyl (C=O) groups is 1. The number of hydrogen-bond donors (Lipinski definition) is 1. The first-order valence-electron chi connectivity index (χ1n) is 6.57. The van der Waals surface area contributed by atoms with Gasteiger partial charge in [0.2, 0.25) is 5.91 Å². The van der Waals surface area contributed by atoms with E-state index in [0.29, 0.717) is 12.3 Å². The van der Waals surface area contributed by atoms with Gasteiger partial charge in [0.05, 0.1) is 5.75 Å². The molecule has 3 rings (SSSR count). The van der Waals surface area contributed by atoms with Crippen LogP contribution in [0.25, 0.3) is 0 Å². The van der Waals surface area contributed by atoms with Crippen molar-refractivity contribution < 1.29 is 4.79 Å². The first-order valence-corrected chi connectivity index (χ1v) is 8.44. The molecule has 1 aliphatic rings. The van der Waals surface area contributed by atoms with Gasteiger partial charge < -0.3 is 5.32 Å². The van der Waals surface area contributed by atoms with E-state index in [2.05, 4.69) is 33.7 Å². The van der Waals surface area contributed by atoms with Gasteiger partial charge in [-0.15, -0.1) is 10.2 Å². The van der Waals surface area contributed by atoms with Crippen LogP contribution in [0.4, 0.5) is 0 Å². The summed E-state index contributed by atoms with van der Waals surface area (Å²) in [5.74, 6) is 0.422. The topological polar surface area (TPSA) is 54.9 Å². The number of fused-ring (bicyclic) bond motifs is 1. The van der Waals surface area contributed by atoms with Crippen LogP contribution in [0.2, 0.25) is 0 Å². The van der Waals surface area contributed by atoms with Gasteiger partial charge in [0.15, 0.2) is 4.34 Å². The Morgan fingerprint density at radius 3 is 3.10 bits per heavy atom. The van der Waals surface area contributed by atoms with Crippen LogP contribution >= 0.6 is 23.1 Å². The minimum atomic E-state index is 0.0331. The van der Waals surface area contributed by atoms with E-state index in [0.717, 1.165) is 4.34 Å². The zero-order valence-electron chi connectivity index (χ0n) is 11.0. The summed E-state index contributed by atoms with van der Waals surface area (Å²) in [6.45, 7) is 0.600. The fraction of sp³-hybridized carbons (Fsp3) is 0.357. The molecule has 4 nitrogen and oxygen atoms in total. The number of carbonyl (C=O) groups excluding carboxylic acids is 1. The number of nitrogens with zero attached hydrogens (tertiary/aromatic N) is 2. The van der Waals surface area contributed by atoms with Crippen LogP contribution in [0, 0.1) is 0 Å². The molecule has 1 amide bonds. The van der Waals surface area contributed by atoms with Gasteiger partial charge in [-0.1, -0.05) is 41.3 Å². The lowest BCUT2D eigenvalue weighted by molar-refractivity contribution is -0.118. The highest BCUT2D eigenvalue weighted by Gasteiger charge is 2.11. The third-order valence-electron chi connectivity index (χ3n) is 3.32. The minimum Gasteiger partial charge on any atom is -0.351 e. The van der Waals surface area contributed by atoms with Gasteiger partial charge in [-0.05, 0) is 36.0 Å². The number of aromatic nitrogens is 2. The van der Waals surface area contributed by atoms with Crippen LogP contribution in [-0.2, 0) is 24.2 Å². The van der Waals surface area contributed by atoms with E-state index in [4.69, 9.17) is 0 Å². The summed E-state index contributed by atoms with van der Waals surface area (Å²) < 4.78 is 0.831. The second-order valence-corrected chi connectivity index (χ2v) is 6.78. The molecule has 0 fully saturated rings. The van der Waals surface area contributed by atoms with Gasteiger partial charge in [0.25, 0.3) is 0 Å². The van der Waals surface area contributed by atoms with Crippen molar-refractivity contribution in [3.05, 3.63) is 40.4 Å². The average Bonchev–Trinajstić information content (AvgIpc) is 3.13. The standard InChI is InChI=1S/C14H15N3OS2/c18-13(8-19-14-17-16-9-20-14)15-7-10-4-5-11-2-1-3-12(11)6-10/h4-6,9H,1-3,7-8H2,(H,15,18). The highest BCUT2D eigenvalue weighted by atomic mass is 32.2. The lowest BCUT2D eigenvalue weighted by atomic mass is 10.1. The summed E-state index contributed by atoms with van der Waals surface area (Å²) in [7, 11) is 0. The third kappa shape index (κ3) is 3.37. The Kier molecular flexibility index (Phi) is 4.32. The van der Waals surface area contributed by atoms with E-state index in [9.17, 15) is 4.79 Å². The third-order valence-corrected chi connectivity index (χ3v) is 5.18. The summed E-state index contributed by atoms with van der Waals surface area (Å²) in [5, 5.41) is 10.6. The van der Waals surface area contributed by atoms with Gasteiger partial charge in [-0.2, -0.15) is 0 Å². The maximum absolute atomic E-state index is 11.8. The molecule has 1 aromatic heterocycles. The molecule has 0 bridgehead atoms. The first-order chi connectivity index (χ1) is 9.81. The van der Waals surface area contributed by atoms with Crippen LogP contribution in [-0.4, -0.2) is 21.9 Å². The van der Waals surface area contributed by atoms with E-state index in [1.807, 2.05) is 0 Å². The molecule has 6 heteroatoms. The maximum atomic E-state index is 11.8. The average molecular weight is 305 g/mol. The summed E-state index contributed by atoms with van der Waals surface area (Å²) in [4.78, 5) is 11.8. The minimum absolute atomic E-state index is 0.0331. The fourth-order valence-electron chi connectivity index (χ4n) is 2.34. The SMILES string of the molecule is O=C(CSc1nncs1)NCc1ccc2c(c1)CCC2. The highest BCUT2D eigenvalue weighted by Crippen LogP contribution is 2.23. The largest absolute Gasteiger partial charge is 0.351 e. The second-order valence-electron chi connectivity index (χ2n) is 4.73. The molecule has 0 spiro atoms. The van der Waals surface area contributed by atoms with Crippen LogP contribution in [0.1, 0.15) is 23.1 Å². The first kappa shape index (κ1) is 13.6. The Labute approximate surface area is 126 Å². The molecule has 1 N–H and O–H groups in total. The molecule has 0 unspecified atom stereocenters. The Hall–Kier alpha value is -1.40. The number of thioether (sulfide) groups is 1. The van der Waals surface area contributed by atoms with Crippen molar-refractivity contribution in [2.75, 3.05) is 5.75 Å². The van der Waals surface area contributed by atoms with Gasteiger partial charge in [-0.3, -0.25) is 4.79 Å². The summed E-state index contributed by atoms with van der Waals surface area (Å²) in [6, 6.07) is 6.53. The zero-order chi connectivity index (χ0) is 13.8. The van der Waals surface area contributed by atoms with E-state index >= 15 is 0 Å². The summed E-state index contributed by atoms with van der Waals surface area (Å²) in [5.41, 5.74) is 5.76. The smallest absolute Gasteiger partial charge is 0.230 e. The molecule has 104 valence electrons. The Balaban J connectivity index is 1.48. The lowest BCUT2D eigenvalue weighted by Gasteiger charge is -2.06. The molecule has 0 atom stereocenters. The molecule has 20 heavy (non-hydrogen) atoms. The highest BCUT2D eigenvalue weighted by molar-refractivity contribution is 8.01. The fourth-order valence-corrected chi connectivity index (χ4v) is 3.66. The molecule has 1 heterocycles. The zero-order valence-corrected chi connectivity index (χ0v) is 12.6. The Bertz CT molecular complexity index is 598. The van der Waals surface area contributed by atoms with E-state index < -0.39 is 0 Å². The van der Waals surface area contributed by atoms with Crippen LogP contribution in [0.3, 0.4) is 0 Å². The van der Waals surface area contributed by atoms with Crippen LogP contribution in [0.15, 0.2) is 28.0 Å². The molecule has 1 aliphatic carbocycles. The maximum Gasteiger partial charge on any atom is 0.230 e. The van der Waals surface area contributed by atoms with E-state index in [1.165, 1.54) is 59.1 Å². The number of benzene rings is 1. The van der Waals surface area contributed by atoms with E-state index in [-0.39, 0.29) is 5.91 Å². The van der Waals surface area contributed by atoms with E-state index in [1.54, 1.807) is 5.51 Å². The molecule has 0 aliphatic heterocycles. The molecule has 2 aromatic rings. The number of nitrogens with one attached hydrogen (secondary N) is 1. The number of rotatable bonds is 5. The van der Waals surface area contributed by atoms with Crippen molar-refractivity contribution in [2.45, 2.75) is 30.1 Å². The Morgan fingerprint density at radius 1 is 1.35 bits per heavy atom. The molecule has 1 aromatic carbocycles. The summed E-state index contributed by atoms with van der Waals surface area (Å²) >= 11 is 2.88. The molecular weight excluding hydrogens is 290 g/mol. The van der Waals surface area contributed by atoms with Crippen molar-refractivity contribution >= 4 is 29.0 Å².